The predicted molar refractivity (Wildman–Crippen MR) is 112 cm³/mol. The number of amides is 2. The van der Waals surface area contributed by atoms with E-state index in [1.54, 1.807) is 37.4 Å². The number of hydrogen-bond acceptors (Lipinski definition) is 5. The van der Waals surface area contributed by atoms with Crippen molar-refractivity contribution >= 4 is 17.5 Å². The van der Waals surface area contributed by atoms with Crippen molar-refractivity contribution in [3.8, 4) is 5.88 Å². The van der Waals surface area contributed by atoms with Gasteiger partial charge >= 0.3 is 6.03 Å². The number of halogens is 1. The minimum Gasteiger partial charge on any atom is -0.481 e. The normalized spacial score (nSPS) is 14.9. The summed E-state index contributed by atoms with van der Waals surface area (Å²) in [6, 6.07) is 8.92. The van der Waals surface area contributed by atoms with Gasteiger partial charge in [0.2, 0.25) is 5.88 Å². The number of likely N-dealkylation sites (tertiary alicyclic amines) is 1. The van der Waals surface area contributed by atoms with Crippen molar-refractivity contribution < 1.29 is 18.7 Å². The number of Topliss-reactive ketones (excluding diaryl/α,β-unsaturated/α-hetero) is 1. The Bertz CT molecular complexity index is 850. The van der Waals surface area contributed by atoms with Crippen molar-refractivity contribution in [1.29, 1.82) is 0 Å². The monoisotopic (exact) mass is 414 g/mol. The van der Waals surface area contributed by atoms with E-state index < -0.39 is 0 Å². The number of aromatic nitrogens is 1. The molecule has 160 valence electrons. The summed E-state index contributed by atoms with van der Waals surface area (Å²) in [5.41, 5.74) is 1.14. The molecule has 1 aromatic heterocycles. The molecule has 2 aromatic rings. The number of nitrogens with zero attached hydrogens (tertiary/aromatic N) is 3. The molecule has 8 heteroatoms. The van der Waals surface area contributed by atoms with Crippen LogP contribution in [0.4, 0.5) is 14.9 Å². The predicted octanol–water partition coefficient (Wildman–Crippen LogP) is 3.29. The smallest absolute Gasteiger partial charge is 0.321 e. The van der Waals surface area contributed by atoms with Gasteiger partial charge in [-0.15, -0.1) is 0 Å². The lowest BCUT2D eigenvalue weighted by Gasteiger charge is -2.33. The second-order valence-electron chi connectivity index (χ2n) is 7.55. The van der Waals surface area contributed by atoms with Crippen molar-refractivity contribution in [1.82, 2.24) is 14.8 Å². The van der Waals surface area contributed by atoms with Crippen LogP contribution in [0.3, 0.4) is 0 Å². The van der Waals surface area contributed by atoms with Crippen molar-refractivity contribution in [3.05, 3.63) is 54.0 Å². The number of pyridine rings is 1. The van der Waals surface area contributed by atoms with E-state index in [9.17, 15) is 14.0 Å². The van der Waals surface area contributed by atoms with Gasteiger partial charge in [-0.25, -0.2) is 14.2 Å². The molecule has 0 unspecified atom stereocenters. The molecule has 2 amide bonds. The molecule has 0 spiro atoms. The third kappa shape index (κ3) is 6.00. The number of nitrogens with one attached hydrogen (secondary N) is 1. The van der Waals surface area contributed by atoms with E-state index in [-0.39, 0.29) is 17.6 Å². The molecule has 0 bridgehead atoms. The first-order valence-corrected chi connectivity index (χ1v) is 9.98. The van der Waals surface area contributed by atoms with Crippen LogP contribution in [0.15, 0.2) is 42.6 Å². The summed E-state index contributed by atoms with van der Waals surface area (Å²) in [6.45, 7) is 2.58. The van der Waals surface area contributed by atoms with Crippen LogP contribution in [0.2, 0.25) is 0 Å². The average Bonchev–Trinajstić information content (AvgIpc) is 2.76. The second-order valence-corrected chi connectivity index (χ2v) is 7.55. The Hall–Kier alpha value is -3.00. The fourth-order valence-corrected chi connectivity index (χ4v) is 3.52. The van der Waals surface area contributed by atoms with Crippen molar-refractivity contribution in [2.45, 2.75) is 12.8 Å². The number of benzene rings is 1. The summed E-state index contributed by atoms with van der Waals surface area (Å²) < 4.78 is 18.0. The van der Waals surface area contributed by atoms with E-state index in [1.807, 2.05) is 0 Å². The molecular weight excluding hydrogens is 387 g/mol. The number of ketones is 1. The largest absolute Gasteiger partial charge is 0.481 e. The van der Waals surface area contributed by atoms with Crippen LogP contribution in [0.25, 0.3) is 0 Å². The number of methoxy groups -OCH3 is 1. The molecule has 0 aliphatic carbocycles. The summed E-state index contributed by atoms with van der Waals surface area (Å²) in [5, 5.41) is 2.83. The molecule has 2 heterocycles. The zero-order chi connectivity index (χ0) is 21.5. The van der Waals surface area contributed by atoms with E-state index in [0.717, 1.165) is 25.9 Å². The first-order valence-electron chi connectivity index (χ1n) is 9.98. The molecule has 3 rings (SSSR count). The maximum Gasteiger partial charge on any atom is 0.321 e. The standard InChI is InChI=1S/C22H27FN4O3/c1-26(22(29)25-19-7-8-21(30-2)24-13-19)14-16-9-11-27(12-10-16)15-20(28)17-3-5-18(23)6-4-17/h3-8,13,16H,9-12,14-15H2,1-2H3,(H,25,29). The lowest BCUT2D eigenvalue weighted by Crippen LogP contribution is -2.42. The number of rotatable bonds is 7. The quantitative estimate of drug-likeness (QED) is 0.704. The first-order chi connectivity index (χ1) is 14.4. The van der Waals surface area contributed by atoms with Crippen molar-refractivity contribution in [3.63, 3.8) is 0 Å². The molecule has 1 fully saturated rings. The lowest BCUT2D eigenvalue weighted by atomic mass is 9.96. The number of urea groups is 1. The third-order valence-electron chi connectivity index (χ3n) is 5.32. The van der Waals surface area contributed by atoms with Crippen molar-refractivity contribution in [2.24, 2.45) is 5.92 Å². The van der Waals surface area contributed by atoms with Gasteiger partial charge in [0.15, 0.2) is 5.78 Å². The van der Waals surface area contributed by atoms with E-state index >= 15 is 0 Å². The Morgan fingerprint density at radius 1 is 1.20 bits per heavy atom. The van der Waals surface area contributed by atoms with E-state index in [4.69, 9.17) is 4.74 Å². The molecule has 7 nitrogen and oxygen atoms in total. The Balaban J connectivity index is 1.41. The van der Waals surface area contributed by atoms with Crippen molar-refractivity contribution in [2.75, 3.05) is 45.7 Å². The number of piperidine rings is 1. The molecule has 1 aliphatic rings. The van der Waals surface area contributed by atoms with Gasteiger partial charge in [-0.2, -0.15) is 0 Å². The van der Waals surface area contributed by atoms with Gasteiger partial charge in [0, 0.05) is 25.2 Å². The van der Waals surface area contributed by atoms with Gasteiger partial charge in [-0.3, -0.25) is 9.69 Å². The fraction of sp³-hybridized carbons (Fsp3) is 0.409. The Morgan fingerprint density at radius 2 is 1.90 bits per heavy atom. The summed E-state index contributed by atoms with van der Waals surface area (Å²) in [6.07, 6.45) is 3.39. The SMILES string of the molecule is COc1ccc(NC(=O)N(C)CC2CCN(CC(=O)c3ccc(F)cc3)CC2)cn1. The molecule has 1 saturated heterocycles. The fourth-order valence-electron chi connectivity index (χ4n) is 3.52. The van der Waals surface area contributed by atoms with Gasteiger partial charge in [0.25, 0.3) is 0 Å². The highest BCUT2D eigenvalue weighted by atomic mass is 19.1. The summed E-state index contributed by atoms with van der Waals surface area (Å²) in [4.78, 5) is 32.6. The lowest BCUT2D eigenvalue weighted by molar-refractivity contribution is 0.0887. The topological polar surface area (TPSA) is 74.8 Å². The summed E-state index contributed by atoms with van der Waals surface area (Å²) in [7, 11) is 3.31. The number of carbonyl (C=O) groups excluding carboxylic acids is 2. The van der Waals surface area contributed by atoms with Gasteiger partial charge in [0.05, 0.1) is 25.5 Å². The average molecular weight is 414 g/mol. The van der Waals surface area contributed by atoms with Crippen LogP contribution in [-0.4, -0.2) is 66.9 Å². The number of ether oxygens (including phenoxy) is 1. The Kier molecular flexibility index (Phi) is 7.35. The van der Waals surface area contributed by atoms with Gasteiger partial charge in [0.1, 0.15) is 5.82 Å². The first kappa shape index (κ1) is 21.7. The van der Waals surface area contributed by atoms with Crippen LogP contribution in [0, 0.1) is 11.7 Å². The van der Waals surface area contributed by atoms with Gasteiger partial charge < -0.3 is 15.0 Å². The van der Waals surface area contributed by atoms with Crippen LogP contribution in [0.1, 0.15) is 23.2 Å². The van der Waals surface area contributed by atoms with Gasteiger partial charge in [-0.05, 0) is 62.2 Å². The van der Waals surface area contributed by atoms with Crippen LogP contribution < -0.4 is 10.1 Å². The molecule has 0 atom stereocenters. The van der Waals surface area contributed by atoms with Gasteiger partial charge in [-0.1, -0.05) is 0 Å². The number of carbonyl (C=O) groups is 2. The third-order valence-corrected chi connectivity index (χ3v) is 5.32. The van der Waals surface area contributed by atoms with E-state index in [1.165, 1.54) is 24.3 Å². The highest BCUT2D eigenvalue weighted by Crippen LogP contribution is 2.19. The van der Waals surface area contributed by atoms with Crippen LogP contribution in [0.5, 0.6) is 5.88 Å². The molecular formula is C22H27FN4O3. The van der Waals surface area contributed by atoms with E-state index in [2.05, 4.69) is 15.2 Å². The molecule has 1 N–H and O–H groups in total. The van der Waals surface area contributed by atoms with Crippen LogP contribution in [-0.2, 0) is 0 Å². The maximum absolute atomic E-state index is 13.0. The molecule has 30 heavy (non-hydrogen) atoms. The minimum absolute atomic E-state index is 0.00181. The summed E-state index contributed by atoms with van der Waals surface area (Å²) >= 11 is 0. The summed E-state index contributed by atoms with van der Waals surface area (Å²) in [5.74, 6) is 0.528. The molecule has 1 aliphatic heterocycles. The Labute approximate surface area is 175 Å². The van der Waals surface area contributed by atoms with E-state index in [0.29, 0.717) is 36.1 Å². The second kappa shape index (κ2) is 10.2. The minimum atomic E-state index is -0.344. The number of anilines is 1. The molecule has 1 aromatic carbocycles. The Morgan fingerprint density at radius 3 is 2.50 bits per heavy atom. The van der Waals surface area contributed by atoms with Crippen LogP contribution >= 0.6 is 0 Å². The zero-order valence-corrected chi connectivity index (χ0v) is 17.3. The zero-order valence-electron chi connectivity index (χ0n) is 17.3. The highest BCUT2D eigenvalue weighted by molar-refractivity contribution is 5.97. The maximum atomic E-state index is 13.0. The highest BCUT2D eigenvalue weighted by Gasteiger charge is 2.23. The number of hydrogen-bond donors (Lipinski definition) is 1. The molecule has 0 radical (unpaired) electrons. The molecule has 0 saturated carbocycles.